The molecule has 1 aliphatic carbocycles. The number of likely N-dealkylation sites (tertiary alicyclic amines) is 1. The molecule has 2 aromatic carbocycles. The van der Waals surface area contributed by atoms with Gasteiger partial charge in [0, 0.05) is 24.4 Å². The van der Waals surface area contributed by atoms with Crippen LogP contribution in [-0.4, -0.2) is 40.8 Å². The molecule has 29 heavy (non-hydrogen) atoms. The lowest BCUT2D eigenvalue weighted by atomic mass is 9.81. The number of hydrogen-bond donors (Lipinski definition) is 1. The minimum absolute atomic E-state index is 0.0408. The Labute approximate surface area is 171 Å². The van der Waals surface area contributed by atoms with Gasteiger partial charge in [0.15, 0.2) is 0 Å². The largest absolute Gasteiger partial charge is 0.481 e. The fourth-order valence-corrected chi connectivity index (χ4v) is 4.96. The van der Waals surface area contributed by atoms with E-state index in [4.69, 9.17) is 9.84 Å². The molecule has 0 radical (unpaired) electrons. The van der Waals surface area contributed by atoms with Crippen molar-refractivity contribution in [1.82, 2.24) is 4.90 Å². The lowest BCUT2D eigenvalue weighted by Crippen LogP contribution is -2.53. The molecule has 1 aliphatic heterocycles. The first-order chi connectivity index (χ1) is 13.9. The van der Waals surface area contributed by atoms with Crippen LogP contribution in [0.5, 0.6) is 0 Å². The number of nitrogens with zero attached hydrogens (tertiary/aromatic N) is 1. The Morgan fingerprint density at radius 3 is 2.21 bits per heavy atom. The molecule has 1 amide bonds. The van der Waals surface area contributed by atoms with Crippen LogP contribution in [0.3, 0.4) is 0 Å². The molecule has 2 aliphatic rings. The van der Waals surface area contributed by atoms with Gasteiger partial charge in [0.25, 0.3) is 0 Å². The second-order valence-corrected chi connectivity index (χ2v) is 8.72. The van der Waals surface area contributed by atoms with E-state index >= 15 is 0 Å². The third-order valence-electron chi connectivity index (χ3n) is 6.30. The molecule has 152 valence electrons. The maximum atomic E-state index is 12.9. The van der Waals surface area contributed by atoms with Gasteiger partial charge in [0.2, 0.25) is 0 Å². The van der Waals surface area contributed by atoms with Crippen LogP contribution in [0.2, 0.25) is 0 Å². The van der Waals surface area contributed by atoms with Gasteiger partial charge in [-0.2, -0.15) is 0 Å². The summed E-state index contributed by atoms with van der Waals surface area (Å²) >= 11 is 0. The van der Waals surface area contributed by atoms with Crippen LogP contribution in [-0.2, 0) is 9.53 Å². The Balaban J connectivity index is 1.46. The standard InChI is InChI=1S/C24H27NO4/c1-24(2)14-16(13-22(26)27)11-12-25(24)23(28)29-15-21-19-9-5-3-7-17(19)18-8-4-6-10-20(18)21/h3-10,16,21H,11-15H2,1-2H3,(H,26,27). The molecule has 5 heteroatoms. The molecule has 0 bridgehead atoms. The topological polar surface area (TPSA) is 66.8 Å². The first kappa shape index (κ1) is 19.5. The number of hydrogen-bond acceptors (Lipinski definition) is 3. The van der Waals surface area contributed by atoms with E-state index in [0.29, 0.717) is 26.0 Å². The number of rotatable bonds is 4. The van der Waals surface area contributed by atoms with Crippen molar-refractivity contribution >= 4 is 12.1 Å². The summed E-state index contributed by atoms with van der Waals surface area (Å²) in [4.78, 5) is 25.7. The fraction of sp³-hybridized carbons (Fsp3) is 0.417. The Morgan fingerprint density at radius 1 is 1.07 bits per heavy atom. The number of carbonyl (C=O) groups excluding carboxylic acids is 1. The number of fused-ring (bicyclic) bond motifs is 3. The van der Waals surface area contributed by atoms with Gasteiger partial charge in [0.05, 0.1) is 0 Å². The Kier molecular flexibility index (Phi) is 5.07. The highest BCUT2D eigenvalue weighted by atomic mass is 16.6. The van der Waals surface area contributed by atoms with Gasteiger partial charge in [0.1, 0.15) is 6.61 Å². The zero-order valence-corrected chi connectivity index (χ0v) is 16.9. The summed E-state index contributed by atoms with van der Waals surface area (Å²) in [5, 5.41) is 9.07. The zero-order valence-electron chi connectivity index (χ0n) is 16.9. The predicted octanol–water partition coefficient (Wildman–Crippen LogP) is 4.90. The number of carbonyl (C=O) groups is 2. The molecule has 1 saturated heterocycles. The third-order valence-corrected chi connectivity index (χ3v) is 6.30. The summed E-state index contributed by atoms with van der Waals surface area (Å²) < 4.78 is 5.80. The lowest BCUT2D eigenvalue weighted by Gasteiger charge is -2.44. The molecule has 0 saturated carbocycles. The monoisotopic (exact) mass is 393 g/mol. The summed E-state index contributed by atoms with van der Waals surface area (Å²) in [7, 11) is 0. The first-order valence-electron chi connectivity index (χ1n) is 10.2. The van der Waals surface area contributed by atoms with Crippen LogP contribution < -0.4 is 0 Å². The number of carboxylic acid groups (broad SMARTS) is 1. The number of ether oxygens (including phenoxy) is 1. The maximum Gasteiger partial charge on any atom is 0.410 e. The molecule has 0 aromatic heterocycles. The van der Waals surface area contributed by atoms with E-state index in [-0.39, 0.29) is 24.3 Å². The summed E-state index contributed by atoms with van der Waals surface area (Å²) in [5.41, 5.74) is 4.39. The van der Waals surface area contributed by atoms with Gasteiger partial charge < -0.3 is 14.7 Å². The SMILES string of the molecule is CC1(C)CC(CC(=O)O)CCN1C(=O)OCC1c2ccccc2-c2ccccc21. The second-order valence-electron chi connectivity index (χ2n) is 8.72. The minimum Gasteiger partial charge on any atom is -0.481 e. The molecular weight excluding hydrogens is 366 g/mol. The Morgan fingerprint density at radius 2 is 1.66 bits per heavy atom. The molecule has 1 heterocycles. The zero-order chi connectivity index (χ0) is 20.6. The summed E-state index contributed by atoms with van der Waals surface area (Å²) in [6.07, 6.45) is 1.21. The van der Waals surface area contributed by atoms with Gasteiger partial charge >= 0.3 is 12.1 Å². The quantitative estimate of drug-likeness (QED) is 0.802. The molecular formula is C24H27NO4. The average Bonchev–Trinajstić information content (AvgIpc) is 2.99. The summed E-state index contributed by atoms with van der Waals surface area (Å²) in [5.74, 6) is -0.639. The van der Waals surface area contributed by atoms with Crippen LogP contribution in [0.4, 0.5) is 4.79 Å². The van der Waals surface area contributed by atoms with Crippen LogP contribution >= 0.6 is 0 Å². The minimum atomic E-state index is -0.777. The van der Waals surface area contributed by atoms with Crippen molar-refractivity contribution in [2.45, 2.75) is 44.6 Å². The first-order valence-corrected chi connectivity index (χ1v) is 10.2. The normalized spacial score (nSPS) is 20.1. The molecule has 1 fully saturated rings. The molecule has 1 atom stereocenters. The van der Waals surface area contributed by atoms with E-state index in [0.717, 1.165) is 0 Å². The van der Waals surface area contributed by atoms with Crippen molar-refractivity contribution in [2.75, 3.05) is 13.2 Å². The average molecular weight is 393 g/mol. The molecule has 1 N–H and O–H groups in total. The van der Waals surface area contributed by atoms with Gasteiger partial charge in [-0.1, -0.05) is 48.5 Å². The van der Waals surface area contributed by atoms with Gasteiger partial charge in [-0.15, -0.1) is 0 Å². The van der Waals surface area contributed by atoms with Gasteiger partial charge in [-0.3, -0.25) is 4.79 Å². The van der Waals surface area contributed by atoms with Gasteiger partial charge in [-0.25, -0.2) is 4.79 Å². The van der Waals surface area contributed by atoms with E-state index in [1.807, 2.05) is 38.1 Å². The van der Waals surface area contributed by atoms with Crippen molar-refractivity contribution in [2.24, 2.45) is 5.92 Å². The Bertz CT molecular complexity index is 890. The second kappa shape index (κ2) is 7.54. The highest BCUT2D eigenvalue weighted by Gasteiger charge is 2.39. The summed E-state index contributed by atoms with van der Waals surface area (Å²) in [6.45, 7) is 4.81. The lowest BCUT2D eigenvalue weighted by molar-refractivity contribution is -0.138. The highest BCUT2D eigenvalue weighted by molar-refractivity contribution is 5.79. The third kappa shape index (κ3) is 3.74. The number of amides is 1. The molecule has 0 spiro atoms. The number of carboxylic acids is 1. The number of benzene rings is 2. The Hall–Kier alpha value is -2.82. The molecule has 5 nitrogen and oxygen atoms in total. The van der Waals surface area contributed by atoms with Crippen molar-refractivity contribution in [1.29, 1.82) is 0 Å². The van der Waals surface area contributed by atoms with Crippen molar-refractivity contribution < 1.29 is 19.4 Å². The molecule has 4 rings (SSSR count). The van der Waals surface area contributed by atoms with E-state index < -0.39 is 11.5 Å². The maximum absolute atomic E-state index is 12.9. The van der Waals surface area contributed by atoms with E-state index in [1.54, 1.807) is 4.90 Å². The smallest absolute Gasteiger partial charge is 0.410 e. The van der Waals surface area contributed by atoms with Crippen LogP contribution in [0, 0.1) is 5.92 Å². The predicted molar refractivity (Wildman–Crippen MR) is 111 cm³/mol. The van der Waals surface area contributed by atoms with Crippen molar-refractivity contribution in [3.05, 3.63) is 59.7 Å². The van der Waals surface area contributed by atoms with E-state index in [2.05, 4.69) is 24.3 Å². The summed E-state index contributed by atoms with van der Waals surface area (Å²) in [6, 6.07) is 16.6. The fourth-order valence-electron chi connectivity index (χ4n) is 4.96. The molecule has 1 unspecified atom stereocenters. The highest BCUT2D eigenvalue weighted by Crippen LogP contribution is 2.44. The van der Waals surface area contributed by atoms with Crippen LogP contribution in [0.1, 0.15) is 50.2 Å². The number of aliphatic carboxylic acids is 1. The van der Waals surface area contributed by atoms with E-state index in [9.17, 15) is 9.59 Å². The van der Waals surface area contributed by atoms with Gasteiger partial charge in [-0.05, 0) is 54.9 Å². The van der Waals surface area contributed by atoms with E-state index in [1.165, 1.54) is 22.3 Å². The number of piperidine rings is 1. The van der Waals surface area contributed by atoms with Crippen LogP contribution in [0.15, 0.2) is 48.5 Å². The van der Waals surface area contributed by atoms with Crippen molar-refractivity contribution in [3.8, 4) is 11.1 Å². The molecule has 2 aromatic rings. The van der Waals surface area contributed by atoms with Crippen LogP contribution in [0.25, 0.3) is 11.1 Å². The van der Waals surface area contributed by atoms with Crippen molar-refractivity contribution in [3.63, 3.8) is 0 Å².